The van der Waals surface area contributed by atoms with Crippen molar-refractivity contribution in [3.63, 3.8) is 0 Å². The van der Waals surface area contributed by atoms with Crippen LogP contribution in [0.15, 0.2) is 34.1 Å². The number of pyridine rings is 1. The topological polar surface area (TPSA) is 98.0 Å². The summed E-state index contributed by atoms with van der Waals surface area (Å²) in [5.74, 6) is 0.168. The minimum absolute atomic E-state index is 0.0974. The van der Waals surface area contributed by atoms with Gasteiger partial charge >= 0.3 is 0 Å². The third-order valence-corrected chi connectivity index (χ3v) is 4.02. The molecule has 0 saturated carbocycles. The Hall–Kier alpha value is -1.51. The molecule has 0 bridgehead atoms. The second kappa shape index (κ2) is 4.78. The van der Waals surface area contributed by atoms with Crippen molar-refractivity contribution in [3.8, 4) is 0 Å². The van der Waals surface area contributed by atoms with E-state index in [1.807, 2.05) is 0 Å². The highest BCUT2D eigenvalue weighted by molar-refractivity contribution is 7.89. The summed E-state index contributed by atoms with van der Waals surface area (Å²) in [5, 5.41) is 1.78. The minimum Gasteiger partial charge on any atom is -0.384 e. The average molecular weight is 270 g/mol. The first-order chi connectivity index (χ1) is 8.08. The highest BCUT2D eigenvalue weighted by Crippen LogP contribution is 2.11. The summed E-state index contributed by atoms with van der Waals surface area (Å²) in [4.78, 5) is 7.82. The maximum Gasteiger partial charge on any atom is 0.241 e. The van der Waals surface area contributed by atoms with Crippen LogP contribution in [-0.4, -0.2) is 18.4 Å². The molecule has 2 heterocycles. The van der Waals surface area contributed by atoms with Crippen molar-refractivity contribution in [2.45, 2.75) is 11.4 Å². The predicted octanol–water partition coefficient (Wildman–Crippen LogP) is 0.599. The summed E-state index contributed by atoms with van der Waals surface area (Å²) in [5.41, 5.74) is 7.76. The molecule has 3 N–H and O–H groups in total. The van der Waals surface area contributed by atoms with E-state index in [9.17, 15) is 8.42 Å². The molecule has 6 nitrogen and oxygen atoms in total. The van der Waals surface area contributed by atoms with Crippen LogP contribution in [0.3, 0.4) is 0 Å². The van der Waals surface area contributed by atoms with E-state index in [1.54, 1.807) is 10.9 Å². The van der Waals surface area contributed by atoms with Crippen molar-refractivity contribution in [2.24, 2.45) is 0 Å². The van der Waals surface area contributed by atoms with Crippen molar-refractivity contribution in [1.29, 1.82) is 0 Å². The van der Waals surface area contributed by atoms with Gasteiger partial charge in [-0.25, -0.2) is 23.1 Å². The summed E-state index contributed by atoms with van der Waals surface area (Å²) >= 11 is 1.41. The van der Waals surface area contributed by atoms with Crippen LogP contribution >= 0.6 is 11.3 Å². The Morgan fingerprint density at radius 3 is 2.88 bits per heavy atom. The van der Waals surface area contributed by atoms with Crippen LogP contribution in [0.4, 0.5) is 5.82 Å². The summed E-state index contributed by atoms with van der Waals surface area (Å²) in [7, 11) is -3.56. The van der Waals surface area contributed by atoms with E-state index in [4.69, 9.17) is 5.73 Å². The lowest BCUT2D eigenvalue weighted by Gasteiger charge is -2.05. The van der Waals surface area contributed by atoms with E-state index in [0.29, 0.717) is 5.69 Å². The summed E-state index contributed by atoms with van der Waals surface area (Å²) in [6.45, 7) is 0.161. The minimum atomic E-state index is -3.56. The SMILES string of the molecule is Nc1cc(S(=O)(=O)NCc2cscn2)ccn1. The van der Waals surface area contributed by atoms with Crippen LogP contribution in [0, 0.1) is 0 Å². The van der Waals surface area contributed by atoms with Gasteiger partial charge in [-0.3, -0.25) is 0 Å². The number of rotatable bonds is 4. The third kappa shape index (κ3) is 2.99. The molecule has 0 amide bonds. The van der Waals surface area contributed by atoms with E-state index in [2.05, 4.69) is 14.7 Å². The molecular formula is C9H10N4O2S2. The van der Waals surface area contributed by atoms with E-state index < -0.39 is 10.0 Å². The number of nitrogen functional groups attached to an aromatic ring is 1. The zero-order chi connectivity index (χ0) is 12.3. The van der Waals surface area contributed by atoms with Gasteiger partial charge in [0, 0.05) is 17.6 Å². The van der Waals surface area contributed by atoms with Gasteiger partial charge in [-0.05, 0) is 6.07 Å². The van der Waals surface area contributed by atoms with E-state index in [1.165, 1.54) is 29.7 Å². The molecule has 2 aromatic rings. The molecular weight excluding hydrogens is 260 g/mol. The maximum absolute atomic E-state index is 11.9. The number of hydrogen-bond donors (Lipinski definition) is 2. The molecule has 17 heavy (non-hydrogen) atoms. The standard InChI is InChI=1S/C9H10N4O2S2/c10-9-3-8(1-2-11-9)17(14,15)13-4-7-5-16-6-12-7/h1-3,5-6,13H,4H2,(H2,10,11). The Bertz CT molecular complexity index is 595. The van der Waals surface area contributed by atoms with Crippen molar-refractivity contribution >= 4 is 27.2 Å². The average Bonchev–Trinajstić information content (AvgIpc) is 2.79. The number of nitrogens with two attached hydrogens (primary N) is 1. The van der Waals surface area contributed by atoms with Crippen LogP contribution < -0.4 is 10.5 Å². The molecule has 0 aliphatic carbocycles. The maximum atomic E-state index is 11.9. The number of thiazole rings is 1. The Kier molecular flexibility index (Phi) is 3.36. The molecule has 0 aliphatic rings. The number of aromatic nitrogens is 2. The van der Waals surface area contributed by atoms with Crippen LogP contribution in [0.25, 0.3) is 0 Å². The molecule has 0 aromatic carbocycles. The fraction of sp³-hybridized carbons (Fsp3) is 0.111. The van der Waals surface area contributed by atoms with Gasteiger partial charge in [0.25, 0.3) is 0 Å². The van der Waals surface area contributed by atoms with Crippen molar-refractivity contribution in [3.05, 3.63) is 34.9 Å². The quantitative estimate of drug-likeness (QED) is 0.847. The monoisotopic (exact) mass is 270 g/mol. The van der Waals surface area contributed by atoms with Gasteiger partial charge in [-0.2, -0.15) is 0 Å². The van der Waals surface area contributed by atoms with Gasteiger partial charge in [-0.1, -0.05) is 0 Å². The first-order valence-electron chi connectivity index (χ1n) is 4.66. The van der Waals surface area contributed by atoms with Gasteiger partial charge in [0.1, 0.15) is 5.82 Å². The highest BCUT2D eigenvalue weighted by atomic mass is 32.2. The normalized spacial score (nSPS) is 11.5. The first-order valence-corrected chi connectivity index (χ1v) is 7.09. The van der Waals surface area contributed by atoms with Gasteiger partial charge in [-0.15, -0.1) is 11.3 Å². The molecule has 2 rings (SSSR count). The van der Waals surface area contributed by atoms with Gasteiger partial charge in [0.2, 0.25) is 10.0 Å². The van der Waals surface area contributed by atoms with Crippen LogP contribution in [-0.2, 0) is 16.6 Å². The van der Waals surface area contributed by atoms with Crippen LogP contribution in [0.2, 0.25) is 0 Å². The Labute approximate surface area is 103 Å². The smallest absolute Gasteiger partial charge is 0.241 e. The van der Waals surface area contributed by atoms with Gasteiger partial charge in [0.15, 0.2) is 0 Å². The summed E-state index contributed by atoms with van der Waals surface area (Å²) in [6, 6.07) is 2.70. The number of nitrogens with one attached hydrogen (secondary N) is 1. The molecule has 0 fully saturated rings. The van der Waals surface area contributed by atoms with Crippen LogP contribution in [0.5, 0.6) is 0 Å². The predicted molar refractivity (Wildman–Crippen MR) is 64.8 cm³/mol. The second-order valence-electron chi connectivity index (χ2n) is 3.22. The molecule has 0 unspecified atom stereocenters. The lowest BCUT2D eigenvalue weighted by molar-refractivity contribution is 0.580. The molecule has 8 heteroatoms. The third-order valence-electron chi connectivity index (χ3n) is 1.99. The number of sulfonamides is 1. The largest absolute Gasteiger partial charge is 0.384 e. The molecule has 0 aliphatic heterocycles. The first kappa shape index (κ1) is 12.0. The van der Waals surface area contributed by atoms with Gasteiger partial charge in [0.05, 0.1) is 22.6 Å². The fourth-order valence-corrected chi connectivity index (χ4v) is 2.75. The Morgan fingerprint density at radius 1 is 1.41 bits per heavy atom. The Morgan fingerprint density at radius 2 is 2.24 bits per heavy atom. The molecule has 0 radical (unpaired) electrons. The zero-order valence-electron chi connectivity index (χ0n) is 8.70. The highest BCUT2D eigenvalue weighted by Gasteiger charge is 2.14. The second-order valence-corrected chi connectivity index (χ2v) is 5.71. The number of nitrogens with zero attached hydrogens (tertiary/aromatic N) is 2. The molecule has 0 saturated heterocycles. The lowest BCUT2D eigenvalue weighted by Crippen LogP contribution is -2.23. The van der Waals surface area contributed by atoms with Crippen molar-refractivity contribution in [2.75, 3.05) is 5.73 Å². The number of hydrogen-bond acceptors (Lipinski definition) is 6. The van der Waals surface area contributed by atoms with Crippen molar-refractivity contribution < 1.29 is 8.42 Å². The fourth-order valence-electron chi connectivity index (χ4n) is 1.17. The van der Waals surface area contributed by atoms with Crippen molar-refractivity contribution in [1.82, 2.24) is 14.7 Å². The van der Waals surface area contributed by atoms with Crippen LogP contribution in [0.1, 0.15) is 5.69 Å². The zero-order valence-corrected chi connectivity index (χ0v) is 10.3. The molecule has 2 aromatic heterocycles. The van der Waals surface area contributed by atoms with E-state index >= 15 is 0 Å². The lowest BCUT2D eigenvalue weighted by atomic mass is 10.5. The van der Waals surface area contributed by atoms with E-state index in [0.717, 1.165) is 0 Å². The van der Waals surface area contributed by atoms with E-state index in [-0.39, 0.29) is 17.3 Å². The summed E-state index contributed by atoms with van der Waals surface area (Å²) < 4.78 is 26.2. The number of anilines is 1. The Balaban J connectivity index is 2.14. The molecule has 0 spiro atoms. The van der Waals surface area contributed by atoms with Gasteiger partial charge < -0.3 is 5.73 Å². The molecule has 90 valence electrons. The molecule has 0 atom stereocenters. The summed E-state index contributed by atoms with van der Waals surface area (Å²) in [6.07, 6.45) is 1.35.